The first-order chi connectivity index (χ1) is 10.3. The Kier molecular flexibility index (Phi) is 3.63. The van der Waals surface area contributed by atoms with Gasteiger partial charge in [0.1, 0.15) is 11.3 Å². The standard InChI is InChI=1S/C17H20Cl2N2/c18-7-6-16-20-17-14(19)2-1-3-15(17)21(16)10-13-9-11-4-5-12(13)8-11/h1-3,11-13H,4-10H2. The maximum atomic E-state index is 6.31. The highest BCUT2D eigenvalue weighted by atomic mass is 35.5. The highest BCUT2D eigenvalue weighted by molar-refractivity contribution is 6.34. The molecule has 21 heavy (non-hydrogen) atoms. The predicted molar refractivity (Wildman–Crippen MR) is 88.1 cm³/mol. The fourth-order valence-corrected chi connectivity index (χ4v) is 4.86. The van der Waals surface area contributed by atoms with Crippen molar-refractivity contribution < 1.29 is 0 Å². The normalized spacial score (nSPS) is 27.8. The molecule has 2 bridgehead atoms. The lowest BCUT2D eigenvalue weighted by Gasteiger charge is -2.23. The maximum absolute atomic E-state index is 6.31. The summed E-state index contributed by atoms with van der Waals surface area (Å²) in [7, 11) is 0. The molecule has 4 heteroatoms. The van der Waals surface area contributed by atoms with Crippen molar-refractivity contribution in [3.63, 3.8) is 0 Å². The molecule has 0 N–H and O–H groups in total. The van der Waals surface area contributed by atoms with Crippen LogP contribution in [-0.2, 0) is 13.0 Å². The lowest BCUT2D eigenvalue weighted by atomic mass is 9.88. The number of rotatable bonds is 4. The number of para-hydroxylation sites is 1. The number of aromatic nitrogens is 2. The van der Waals surface area contributed by atoms with E-state index in [4.69, 9.17) is 28.2 Å². The van der Waals surface area contributed by atoms with Crippen molar-refractivity contribution in [1.82, 2.24) is 9.55 Å². The molecular weight excluding hydrogens is 303 g/mol. The highest BCUT2D eigenvalue weighted by Crippen LogP contribution is 2.49. The van der Waals surface area contributed by atoms with Crippen LogP contribution in [0.15, 0.2) is 18.2 Å². The molecule has 2 nitrogen and oxygen atoms in total. The van der Waals surface area contributed by atoms with Gasteiger partial charge < -0.3 is 4.57 Å². The fraction of sp³-hybridized carbons (Fsp3) is 0.588. The number of fused-ring (bicyclic) bond motifs is 3. The van der Waals surface area contributed by atoms with Crippen LogP contribution in [0.2, 0.25) is 5.02 Å². The third-order valence-electron chi connectivity index (χ3n) is 5.43. The molecule has 112 valence electrons. The first kappa shape index (κ1) is 13.9. The van der Waals surface area contributed by atoms with Crippen molar-refractivity contribution in [3.8, 4) is 0 Å². The van der Waals surface area contributed by atoms with Crippen LogP contribution in [0.1, 0.15) is 31.5 Å². The van der Waals surface area contributed by atoms with Gasteiger partial charge in [-0.3, -0.25) is 0 Å². The van der Waals surface area contributed by atoms with Gasteiger partial charge in [-0.1, -0.05) is 24.1 Å². The molecule has 2 aliphatic rings. The molecule has 3 unspecified atom stereocenters. The van der Waals surface area contributed by atoms with Gasteiger partial charge in [-0.2, -0.15) is 0 Å². The third-order valence-corrected chi connectivity index (χ3v) is 5.92. The summed E-state index contributed by atoms with van der Waals surface area (Å²) in [6, 6.07) is 6.08. The zero-order valence-electron chi connectivity index (χ0n) is 12.1. The van der Waals surface area contributed by atoms with Crippen LogP contribution in [0.25, 0.3) is 11.0 Å². The summed E-state index contributed by atoms with van der Waals surface area (Å²) in [5.74, 6) is 4.42. The molecule has 3 atom stereocenters. The molecule has 1 aromatic heterocycles. The SMILES string of the molecule is ClCCc1nc2c(Cl)cccc2n1CC1CC2CCC1C2. The molecule has 2 fully saturated rings. The van der Waals surface area contributed by atoms with Gasteiger partial charge in [0.25, 0.3) is 0 Å². The number of halogens is 2. The van der Waals surface area contributed by atoms with E-state index in [1.807, 2.05) is 12.1 Å². The average molecular weight is 323 g/mol. The minimum atomic E-state index is 0.609. The van der Waals surface area contributed by atoms with Gasteiger partial charge in [-0.05, 0) is 49.1 Å². The molecule has 0 aliphatic heterocycles. The third kappa shape index (κ3) is 2.37. The van der Waals surface area contributed by atoms with Crippen LogP contribution in [0.5, 0.6) is 0 Å². The second kappa shape index (κ2) is 5.48. The largest absolute Gasteiger partial charge is 0.328 e. The molecular formula is C17H20Cl2N2. The van der Waals surface area contributed by atoms with E-state index in [9.17, 15) is 0 Å². The summed E-state index contributed by atoms with van der Waals surface area (Å²) in [5.41, 5.74) is 2.10. The Hall–Kier alpha value is -0.730. The molecule has 0 amide bonds. The van der Waals surface area contributed by atoms with Gasteiger partial charge in [0.05, 0.1) is 10.5 Å². The van der Waals surface area contributed by atoms with Crippen molar-refractivity contribution in [3.05, 3.63) is 29.0 Å². The van der Waals surface area contributed by atoms with Crippen molar-refractivity contribution in [2.75, 3.05) is 5.88 Å². The summed E-state index contributed by atoms with van der Waals surface area (Å²) < 4.78 is 2.38. The minimum Gasteiger partial charge on any atom is -0.328 e. The Balaban J connectivity index is 1.72. The van der Waals surface area contributed by atoms with E-state index in [2.05, 4.69) is 10.6 Å². The molecule has 0 radical (unpaired) electrons. The zero-order valence-corrected chi connectivity index (χ0v) is 13.6. The Labute approximate surface area is 135 Å². The van der Waals surface area contributed by atoms with E-state index in [0.29, 0.717) is 5.88 Å². The van der Waals surface area contributed by atoms with Crippen molar-refractivity contribution in [2.45, 2.75) is 38.6 Å². The molecule has 1 aromatic carbocycles. The van der Waals surface area contributed by atoms with E-state index >= 15 is 0 Å². The summed E-state index contributed by atoms with van der Waals surface area (Å²) in [5, 5.41) is 0.745. The lowest BCUT2D eigenvalue weighted by Crippen LogP contribution is -2.19. The van der Waals surface area contributed by atoms with Gasteiger partial charge >= 0.3 is 0 Å². The molecule has 2 aliphatic carbocycles. The molecule has 2 saturated carbocycles. The second-order valence-corrected chi connectivity index (χ2v) is 7.41. The van der Waals surface area contributed by atoms with Crippen LogP contribution in [0.3, 0.4) is 0 Å². The number of hydrogen-bond donors (Lipinski definition) is 0. The van der Waals surface area contributed by atoms with Gasteiger partial charge in [-0.25, -0.2) is 4.98 Å². The molecule has 4 rings (SSSR count). The lowest BCUT2D eigenvalue weighted by molar-refractivity contribution is 0.296. The first-order valence-electron chi connectivity index (χ1n) is 7.96. The first-order valence-corrected chi connectivity index (χ1v) is 8.87. The average Bonchev–Trinajstić information content (AvgIpc) is 3.16. The van der Waals surface area contributed by atoms with E-state index in [0.717, 1.165) is 47.1 Å². The number of hydrogen-bond acceptors (Lipinski definition) is 1. The molecule has 0 spiro atoms. The summed E-state index contributed by atoms with van der Waals surface area (Å²) in [4.78, 5) is 4.75. The van der Waals surface area contributed by atoms with E-state index in [-0.39, 0.29) is 0 Å². The summed E-state index contributed by atoms with van der Waals surface area (Å²) in [6.07, 6.45) is 6.53. The van der Waals surface area contributed by atoms with Crippen molar-refractivity contribution in [1.29, 1.82) is 0 Å². The number of benzene rings is 1. The molecule has 1 heterocycles. The van der Waals surface area contributed by atoms with E-state index in [1.54, 1.807) is 0 Å². The van der Waals surface area contributed by atoms with Crippen LogP contribution in [-0.4, -0.2) is 15.4 Å². The Morgan fingerprint density at radius 1 is 1.24 bits per heavy atom. The highest BCUT2D eigenvalue weighted by Gasteiger charge is 2.39. The number of alkyl halides is 1. The number of nitrogens with zero attached hydrogens (tertiary/aromatic N) is 2. The predicted octanol–water partition coefficient (Wildman–Crippen LogP) is 4.91. The van der Waals surface area contributed by atoms with Gasteiger partial charge in [-0.15, -0.1) is 11.6 Å². The smallest absolute Gasteiger partial charge is 0.111 e. The summed E-state index contributed by atoms with van der Waals surface area (Å²) >= 11 is 12.3. The quantitative estimate of drug-likeness (QED) is 0.731. The van der Waals surface area contributed by atoms with Crippen LogP contribution in [0.4, 0.5) is 0 Å². The number of aryl methyl sites for hydroxylation is 1. The van der Waals surface area contributed by atoms with Gasteiger partial charge in [0.2, 0.25) is 0 Å². The van der Waals surface area contributed by atoms with E-state index < -0.39 is 0 Å². The Morgan fingerprint density at radius 2 is 2.14 bits per heavy atom. The molecule has 0 saturated heterocycles. The maximum Gasteiger partial charge on any atom is 0.111 e. The van der Waals surface area contributed by atoms with Gasteiger partial charge in [0.15, 0.2) is 0 Å². The monoisotopic (exact) mass is 322 g/mol. The van der Waals surface area contributed by atoms with Crippen molar-refractivity contribution in [2.24, 2.45) is 17.8 Å². The Morgan fingerprint density at radius 3 is 2.86 bits per heavy atom. The van der Waals surface area contributed by atoms with Crippen LogP contribution in [0, 0.1) is 17.8 Å². The van der Waals surface area contributed by atoms with E-state index in [1.165, 1.54) is 31.2 Å². The minimum absolute atomic E-state index is 0.609. The fourth-order valence-electron chi connectivity index (χ4n) is 4.47. The second-order valence-electron chi connectivity index (χ2n) is 6.62. The topological polar surface area (TPSA) is 17.8 Å². The van der Waals surface area contributed by atoms with Gasteiger partial charge in [0, 0.05) is 18.8 Å². The van der Waals surface area contributed by atoms with Crippen LogP contribution < -0.4 is 0 Å². The van der Waals surface area contributed by atoms with Crippen LogP contribution >= 0.6 is 23.2 Å². The summed E-state index contributed by atoms with van der Waals surface area (Å²) in [6.45, 7) is 1.09. The van der Waals surface area contributed by atoms with Crippen molar-refractivity contribution >= 4 is 34.2 Å². The Bertz CT molecular complexity index is 664. The molecule has 2 aromatic rings. The zero-order chi connectivity index (χ0) is 14.4. The number of imidazole rings is 1.